The van der Waals surface area contributed by atoms with Gasteiger partial charge in [0.25, 0.3) is 0 Å². The molecule has 0 saturated carbocycles. The van der Waals surface area contributed by atoms with Crippen molar-refractivity contribution in [2.45, 2.75) is 13.0 Å². The first-order valence-electron chi connectivity index (χ1n) is 6.25. The molecule has 3 rings (SSSR count). The molecule has 0 fully saturated rings. The van der Waals surface area contributed by atoms with Crippen LogP contribution in [-0.4, -0.2) is 19.6 Å². The summed E-state index contributed by atoms with van der Waals surface area (Å²) in [6.07, 6.45) is 5.63. The molecule has 0 amide bonds. The highest BCUT2D eigenvalue weighted by atomic mass is 127. The highest BCUT2D eigenvalue weighted by Crippen LogP contribution is 2.23. The quantitative estimate of drug-likeness (QED) is 0.712. The number of hydrogen-bond donors (Lipinski definition) is 1. The fraction of sp³-hybridized carbons (Fsp3) is 0.143. The summed E-state index contributed by atoms with van der Waals surface area (Å²) in [5, 5.41) is 8.72. The van der Waals surface area contributed by atoms with Gasteiger partial charge >= 0.3 is 0 Å². The maximum absolute atomic E-state index is 6.02. The van der Waals surface area contributed by atoms with Gasteiger partial charge in [0.05, 0.1) is 27.7 Å². The van der Waals surface area contributed by atoms with E-state index in [0.717, 1.165) is 14.8 Å². The molecule has 6 heteroatoms. The third kappa shape index (κ3) is 2.31. The van der Waals surface area contributed by atoms with Gasteiger partial charge in [0.2, 0.25) is 0 Å². The number of hydrogen-bond acceptors (Lipinski definition) is 3. The molecule has 1 unspecified atom stereocenters. The molecule has 20 heavy (non-hydrogen) atoms. The highest BCUT2D eigenvalue weighted by Gasteiger charge is 2.15. The maximum Gasteiger partial charge on any atom is 0.135 e. The average molecular weight is 379 g/mol. The lowest BCUT2D eigenvalue weighted by Gasteiger charge is -2.11. The van der Waals surface area contributed by atoms with Crippen LogP contribution in [-0.2, 0) is 0 Å². The van der Waals surface area contributed by atoms with E-state index >= 15 is 0 Å². The standard InChI is InChI=1S/C14H14IN5/c1-10(20-14(16)13(15)8-18-20)11-7-17-19(9-11)12-5-3-2-4-6-12/h2-10H,16H2,1H3. The number of rotatable bonds is 3. The van der Waals surface area contributed by atoms with Gasteiger partial charge in [-0.05, 0) is 41.6 Å². The van der Waals surface area contributed by atoms with Crippen LogP contribution in [0.2, 0.25) is 0 Å². The minimum atomic E-state index is 0.0518. The predicted molar refractivity (Wildman–Crippen MR) is 86.7 cm³/mol. The Hall–Kier alpha value is -1.83. The van der Waals surface area contributed by atoms with Crippen LogP contribution in [0.3, 0.4) is 0 Å². The van der Waals surface area contributed by atoms with E-state index in [1.807, 2.05) is 52.1 Å². The monoisotopic (exact) mass is 379 g/mol. The number of para-hydroxylation sites is 1. The minimum absolute atomic E-state index is 0.0518. The molecule has 102 valence electrons. The summed E-state index contributed by atoms with van der Waals surface area (Å²) in [7, 11) is 0. The summed E-state index contributed by atoms with van der Waals surface area (Å²) in [5.41, 5.74) is 8.13. The second-order valence-electron chi connectivity index (χ2n) is 4.55. The molecule has 5 nitrogen and oxygen atoms in total. The van der Waals surface area contributed by atoms with Gasteiger partial charge in [-0.3, -0.25) is 0 Å². The van der Waals surface area contributed by atoms with E-state index in [2.05, 4.69) is 39.7 Å². The average Bonchev–Trinajstić information content (AvgIpc) is 3.08. The van der Waals surface area contributed by atoms with Crippen molar-refractivity contribution in [1.82, 2.24) is 19.6 Å². The summed E-state index contributed by atoms with van der Waals surface area (Å²) in [5.74, 6) is 0.686. The summed E-state index contributed by atoms with van der Waals surface area (Å²) in [4.78, 5) is 0. The SMILES string of the molecule is CC(c1cnn(-c2ccccc2)c1)n1ncc(I)c1N. The Labute approximate surface area is 130 Å². The molecule has 3 aromatic rings. The molecule has 0 aliphatic rings. The lowest BCUT2D eigenvalue weighted by Crippen LogP contribution is -2.11. The van der Waals surface area contributed by atoms with Crippen molar-refractivity contribution in [3.63, 3.8) is 0 Å². The zero-order valence-corrected chi connectivity index (χ0v) is 13.1. The zero-order chi connectivity index (χ0) is 14.1. The summed E-state index contributed by atoms with van der Waals surface area (Å²) in [6.45, 7) is 2.06. The van der Waals surface area contributed by atoms with Crippen LogP contribution in [0.5, 0.6) is 0 Å². The van der Waals surface area contributed by atoms with Crippen LogP contribution in [0.25, 0.3) is 5.69 Å². The second-order valence-corrected chi connectivity index (χ2v) is 5.71. The molecule has 1 aromatic carbocycles. The number of benzene rings is 1. The molecule has 2 aromatic heterocycles. The second kappa shape index (κ2) is 5.28. The molecular formula is C14H14IN5. The van der Waals surface area contributed by atoms with Gasteiger partial charge in [-0.15, -0.1) is 0 Å². The highest BCUT2D eigenvalue weighted by molar-refractivity contribution is 14.1. The first-order valence-corrected chi connectivity index (χ1v) is 7.33. The lowest BCUT2D eigenvalue weighted by atomic mass is 10.2. The number of nitrogen functional groups attached to an aromatic ring is 1. The Bertz CT molecular complexity index is 716. The molecule has 0 radical (unpaired) electrons. The molecule has 0 saturated heterocycles. The van der Waals surface area contributed by atoms with Crippen molar-refractivity contribution in [1.29, 1.82) is 0 Å². The third-order valence-electron chi connectivity index (χ3n) is 3.26. The number of aromatic nitrogens is 4. The molecule has 2 heterocycles. The van der Waals surface area contributed by atoms with Crippen LogP contribution >= 0.6 is 22.6 Å². The number of nitrogens with two attached hydrogens (primary N) is 1. The molecule has 1 atom stereocenters. The predicted octanol–water partition coefficient (Wildman–Crippen LogP) is 2.86. The Morgan fingerprint density at radius 3 is 2.55 bits per heavy atom. The fourth-order valence-electron chi connectivity index (χ4n) is 2.07. The summed E-state index contributed by atoms with van der Waals surface area (Å²) in [6, 6.07) is 10.1. The van der Waals surface area contributed by atoms with Gasteiger partial charge < -0.3 is 5.73 Å². The van der Waals surface area contributed by atoms with Gasteiger partial charge in [0.15, 0.2) is 0 Å². The summed E-state index contributed by atoms with van der Waals surface area (Å²) >= 11 is 2.18. The van der Waals surface area contributed by atoms with Crippen molar-refractivity contribution in [3.05, 3.63) is 58.1 Å². The molecule has 0 spiro atoms. The van der Waals surface area contributed by atoms with E-state index < -0.39 is 0 Å². The molecule has 0 aliphatic carbocycles. The van der Waals surface area contributed by atoms with Crippen LogP contribution in [0.1, 0.15) is 18.5 Å². The van der Waals surface area contributed by atoms with Gasteiger partial charge in [-0.1, -0.05) is 18.2 Å². The van der Waals surface area contributed by atoms with Gasteiger partial charge in [0.1, 0.15) is 5.82 Å². The third-order valence-corrected chi connectivity index (χ3v) is 4.09. The number of anilines is 1. The van der Waals surface area contributed by atoms with Crippen LogP contribution < -0.4 is 5.73 Å². The van der Waals surface area contributed by atoms with E-state index in [1.165, 1.54) is 0 Å². The van der Waals surface area contributed by atoms with Crippen molar-refractivity contribution in [2.75, 3.05) is 5.73 Å². The lowest BCUT2D eigenvalue weighted by molar-refractivity contribution is 0.573. The Morgan fingerprint density at radius 1 is 1.15 bits per heavy atom. The van der Waals surface area contributed by atoms with Gasteiger partial charge in [-0.25, -0.2) is 9.36 Å². The molecule has 2 N–H and O–H groups in total. The van der Waals surface area contributed by atoms with E-state index in [-0.39, 0.29) is 6.04 Å². The summed E-state index contributed by atoms with van der Waals surface area (Å²) < 4.78 is 4.63. The van der Waals surface area contributed by atoms with E-state index in [4.69, 9.17) is 5.73 Å². The number of halogens is 1. The van der Waals surface area contributed by atoms with Crippen LogP contribution in [0.4, 0.5) is 5.82 Å². The first kappa shape index (κ1) is 13.2. The fourth-order valence-corrected chi connectivity index (χ4v) is 2.45. The van der Waals surface area contributed by atoms with Gasteiger partial charge in [-0.2, -0.15) is 10.2 Å². The number of nitrogens with zero attached hydrogens (tertiary/aromatic N) is 4. The van der Waals surface area contributed by atoms with Crippen molar-refractivity contribution in [3.8, 4) is 5.69 Å². The van der Waals surface area contributed by atoms with Crippen LogP contribution in [0.15, 0.2) is 48.9 Å². The van der Waals surface area contributed by atoms with E-state index in [0.29, 0.717) is 5.82 Å². The first-order chi connectivity index (χ1) is 9.66. The Balaban J connectivity index is 1.92. The smallest absolute Gasteiger partial charge is 0.135 e. The van der Waals surface area contributed by atoms with Gasteiger partial charge in [0, 0.05) is 11.8 Å². The zero-order valence-electron chi connectivity index (χ0n) is 10.9. The molecule has 0 bridgehead atoms. The van der Waals surface area contributed by atoms with E-state index in [1.54, 1.807) is 6.20 Å². The van der Waals surface area contributed by atoms with Crippen LogP contribution in [0, 0.1) is 3.57 Å². The largest absolute Gasteiger partial charge is 0.383 e. The van der Waals surface area contributed by atoms with E-state index in [9.17, 15) is 0 Å². The minimum Gasteiger partial charge on any atom is -0.383 e. The maximum atomic E-state index is 6.02. The molecule has 0 aliphatic heterocycles. The molecular weight excluding hydrogens is 365 g/mol. The Morgan fingerprint density at radius 2 is 1.90 bits per heavy atom. The Kier molecular flexibility index (Phi) is 3.47. The topological polar surface area (TPSA) is 61.7 Å². The normalized spacial score (nSPS) is 12.5. The van der Waals surface area contributed by atoms with Crippen molar-refractivity contribution >= 4 is 28.4 Å². The van der Waals surface area contributed by atoms with Crippen molar-refractivity contribution in [2.24, 2.45) is 0 Å². The van der Waals surface area contributed by atoms with Crippen molar-refractivity contribution < 1.29 is 0 Å².